The van der Waals surface area contributed by atoms with Crippen molar-refractivity contribution in [3.8, 4) is 11.5 Å². The minimum atomic E-state index is -1.97. The molecule has 1 saturated carbocycles. The van der Waals surface area contributed by atoms with Gasteiger partial charge in [0.05, 0.1) is 6.10 Å². The Balaban J connectivity index is 2.07. The van der Waals surface area contributed by atoms with E-state index in [0.29, 0.717) is 5.56 Å². The molecule has 1 unspecified atom stereocenters. The summed E-state index contributed by atoms with van der Waals surface area (Å²) in [7, 11) is 1.31. The molecule has 1 fully saturated rings. The number of ether oxygens (including phenoxy) is 1. The van der Waals surface area contributed by atoms with Gasteiger partial charge in [0, 0.05) is 26.0 Å². The highest BCUT2D eigenvalue weighted by atomic mass is 16.6. The van der Waals surface area contributed by atoms with Crippen LogP contribution in [0.4, 0.5) is 0 Å². The van der Waals surface area contributed by atoms with E-state index in [1.807, 2.05) is 0 Å². The molecule has 1 aromatic rings. The van der Waals surface area contributed by atoms with Gasteiger partial charge in [-0.25, -0.2) is 4.79 Å². The molecule has 26 heavy (non-hydrogen) atoms. The van der Waals surface area contributed by atoms with E-state index in [4.69, 9.17) is 4.74 Å². The van der Waals surface area contributed by atoms with Crippen molar-refractivity contribution in [3.05, 3.63) is 29.8 Å². The molecule has 0 saturated heterocycles. The molecule has 1 aliphatic carbocycles. The lowest BCUT2D eigenvalue weighted by molar-refractivity contribution is -0.186. The number of aliphatic hydroxyl groups is 3. The van der Waals surface area contributed by atoms with E-state index >= 15 is 0 Å². The second-order valence-electron chi connectivity index (χ2n) is 6.13. The number of rotatable bonds is 4. The van der Waals surface area contributed by atoms with Crippen LogP contribution in [0.15, 0.2) is 24.3 Å². The summed E-state index contributed by atoms with van der Waals surface area (Å²) >= 11 is 0. The first kappa shape index (κ1) is 19.7. The first-order chi connectivity index (χ1) is 12.2. The van der Waals surface area contributed by atoms with Crippen LogP contribution in [-0.4, -0.2) is 68.4 Å². The van der Waals surface area contributed by atoms with Crippen molar-refractivity contribution < 1.29 is 39.9 Å². The number of hydrogen-bond acceptors (Lipinski definition) is 8. The van der Waals surface area contributed by atoms with Crippen LogP contribution in [0.5, 0.6) is 11.5 Å². The summed E-state index contributed by atoms with van der Waals surface area (Å²) in [6, 6.07) is 3.91. The number of aliphatic hydroxyl groups excluding tert-OH is 2. The predicted octanol–water partition coefficient (Wildman–Crippen LogP) is -0.984. The number of phenols is 2. The Morgan fingerprint density at radius 2 is 1.92 bits per heavy atom. The van der Waals surface area contributed by atoms with Gasteiger partial charge >= 0.3 is 5.97 Å². The van der Waals surface area contributed by atoms with E-state index in [0.717, 1.165) is 6.08 Å². The molecule has 0 radical (unpaired) electrons. The molecule has 0 bridgehead atoms. The highest BCUT2D eigenvalue weighted by Crippen LogP contribution is 2.31. The van der Waals surface area contributed by atoms with Gasteiger partial charge in [0.15, 0.2) is 11.5 Å². The minimum Gasteiger partial charge on any atom is -0.504 e. The zero-order chi connectivity index (χ0) is 19.5. The normalized spacial score (nSPS) is 28.7. The molecular weight excluding hydrogens is 346 g/mol. The summed E-state index contributed by atoms with van der Waals surface area (Å²) < 4.78 is 5.05. The van der Waals surface area contributed by atoms with Crippen molar-refractivity contribution in [1.82, 2.24) is 5.32 Å². The van der Waals surface area contributed by atoms with Crippen LogP contribution < -0.4 is 5.32 Å². The molecule has 0 heterocycles. The van der Waals surface area contributed by atoms with E-state index in [2.05, 4.69) is 5.32 Å². The topological polar surface area (TPSA) is 157 Å². The van der Waals surface area contributed by atoms with Crippen molar-refractivity contribution >= 4 is 18.0 Å². The molecule has 0 spiro atoms. The standard InChI is InChI=1S/C17H21NO8/c1-18-16(24)17(25)7-12(21)15(23)13(8-17)26-14(22)5-3-9-2-4-10(19)11(20)6-9/h2-6,12-13,15,19-21,23,25H,7-8H2,1H3,(H,18,24)/b5-3+/t12-,13-,15-,17?/m1/s1. The smallest absolute Gasteiger partial charge is 0.331 e. The fourth-order valence-corrected chi connectivity index (χ4v) is 2.78. The monoisotopic (exact) mass is 367 g/mol. The molecule has 1 aliphatic rings. The van der Waals surface area contributed by atoms with Crippen LogP contribution in [0.1, 0.15) is 18.4 Å². The van der Waals surface area contributed by atoms with E-state index < -0.39 is 35.8 Å². The van der Waals surface area contributed by atoms with Crippen molar-refractivity contribution in [2.45, 2.75) is 36.8 Å². The maximum atomic E-state index is 11.9. The number of likely N-dealkylation sites (N-methyl/N-ethyl adjacent to an activating group) is 1. The third-order valence-corrected chi connectivity index (χ3v) is 4.19. The van der Waals surface area contributed by atoms with Gasteiger partial charge in [-0.2, -0.15) is 0 Å². The van der Waals surface area contributed by atoms with Gasteiger partial charge in [0.2, 0.25) is 0 Å². The van der Waals surface area contributed by atoms with Crippen molar-refractivity contribution in [3.63, 3.8) is 0 Å². The van der Waals surface area contributed by atoms with E-state index in [1.54, 1.807) is 0 Å². The molecule has 0 aromatic heterocycles. The van der Waals surface area contributed by atoms with Crippen LogP contribution in [-0.2, 0) is 14.3 Å². The van der Waals surface area contributed by atoms with Gasteiger partial charge < -0.3 is 35.6 Å². The first-order valence-electron chi connectivity index (χ1n) is 7.87. The van der Waals surface area contributed by atoms with Gasteiger partial charge in [-0.15, -0.1) is 0 Å². The summed E-state index contributed by atoms with van der Waals surface area (Å²) in [6.07, 6.45) is -2.62. The zero-order valence-electron chi connectivity index (χ0n) is 14.0. The minimum absolute atomic E-state index is 0.308. The largest absolute Gasteiger partial charge is 0.504 e. The van der Waals surface area contributed by atoms with Gasteiger partial charge in [-0.1, -0.05) is 6.07 Å². The predicted molar refractivity (Wildman–Crippen MR) is 88.9 cm³/mol. The fraction of sp³-hybridized carbons (Fsp3) is 0.412. The van der Waals surface area contributed by atoms with Gasteiger partial charge in [0.25, 0.3) is 5.91 Å². The molecule has 0 aliphatic heterocycles. The van der Waals surface area contributed by atoms with Crippen LogP contribution in [0.2, 0.25) is 0 Å². The number of nitrogens with one attached hydrogen (secondary N) is 1. The van der Waals surface area contributed by atoms with E-state index in [1.165, 1.54) is 31.3 Å². The van der Waals surface area contributed by atoms with Gasteiger partial charge in [0.1, 0.15) is 17.8 Å². The molecule has 9 nitrogen and oxygen atoms in total. The summed E-state index contributed by atoms with van der Waals surface area (Å²) in [4.78, 5) is 23.7. The average molecular weight is 367 g/mol. The van der Waals surface area contributed by atoms with Crippen molar-refractivity contribution in [2.75, 3.05) is 7.05 Å². The maximum absolute atomic E-state index is 11.9. The van der Waals surface area contributed by atoms with Crippen molar-refractivity contribution in [2.24, 2.45) is 0 Å². The number of hydrogen-bond donors (Lipinski definition) is 6. The summed E-state index contributed by atoms with van der Waals surface area (Å²) in [5, 5.41) is 51.0. The number of esters is 1. The number of phenolic OH excluding ortho intramolecular Hbond substituents is 2. The molecule has 4 atom stereocenters. The highest BCUT2D eigenvalue weighted by Gasteiger charge is 2.49. The Hall–Kier alpha value is -2.62. The summed E-state index contributed by atoms with van der Waals surface area (Å²) in [5.74, 6) is -2.30. The molecule has 1 aromatic carbocycles. The Kier molecular flexibility index (Phi) is 5.86. The van der Waals surface area contributed by atoms with Crippen molar-refractivity contribution in [1.29, 1.82) is 0 Å². The van der Waals surface area contributed by atoms with Crippen LogP contribution in [0.3, 0.4) is 0 Å². The molecule has 6 N–H and O–H groups in total. The maximum Gasteiger partial charge on any atom is 0.331 e. The Morgan fingerprint density at radius 3 is 2.54 bits per heavy atom. The SMILES string of the molecule is CNC(=O)C1(O)C[C@@H](O)[C@@H](O)[C@H](OC(=O)/C=C/c2ccc(O)c(O)c2)C1. The number of amides is 1. The molecule has 9 heteroatoms. The molecule has 2 rings (SSSR count). The number of aromatic hydroxyl groups is 2. The second-order valence-corrected chi connectivity index (χ2v) is 6.13. The van der Waals surface area contributed by atoms with Gasteiger partial charge in [-0.05, 0) is 23.8 Å². The van der Waals surface area contributed by atoms with Crippen LogP contribution >= 0.6 is 0 Å². The molecular formula is C17H21NO8. The third kappa shape index (κ3) is 4.31. The Bertz CT molecular complexity index is 719. The summed E-state index contributed by atoms with van der Waals surface area (Å²) in [6.45, 7) is 0. The van der Waals surface area contributed by atoms with Gasteiger partial charge in [-0.3, -0.25) is 4.79 Å². The Morgan fingerprint density at radius 1 is 1.23 bits per heavy atom. The Labute approximate surface area is 149 Å². The van der Waals surface area contributed by atoms with E-state index in [-0.39, 0.29) is 24.3 Å². The zero-order valence-corrected chi connectivity index (χ0v) is 14.0. The lowest BCUT2D eigenvalue weighted by Gasteiger charge is -2.40. The van der Waals surface area contributed by atoms with E-state index in [9.17, 15) is 35.1 Å². The average Bonchev–Trinajstić information content (AvgIpc) is 2.59. The molecule has 1 amide bonds. The van der Waals surface area contributed by atoms with Crippen LogP contribution in [0.25, 0.3) is 6.08 Å². The highest BCUT2D eigenvalue weighted by molar-refractivity contribution is 5.88. The summed E-state index contributed by atoms with van der Waals surface area (Å²) in [5.41, 5.74) is -1.56. The molecule has 142 valence electrons. The fourth-order valence-electron chi connectivity index (χ4n) is 2.78. The quantitative estimate of drug-likeness (QED) is 0.225. The number of carbonyl (C=O) groups is 2. The second kappa shape index (κ2) is 7.73. The van der Waals surface area contributed by atoms with Crippen LogP contribution in [0, 0.1) is 0 Å². The number of benzene rings is 1. The number of carbonyl (C=O) groups excluding carboxylic acids is 2. The third-order valence-electron chi connectivity index (χ3n) is 4.19. The lowest BCUT2D eigenvalue weighted by Crippen LogP contribution is -2.59. The first-order valence-corrected chi connectivity index (χ1v) is 7.87. The lowest BCUT2D eigenvalue weighted by atomic mass is 9.79.